The monoisotopic (exact) mass is 283 g/mol. The number of ether oxygens (including phenoxy) is 1. The zero-order valence-corrected chi connectivity index (χ0v) is 12.1. The van der Waals surface area contributed by atoms with E-state index in [1.54, 1.807) is 6.07 Å². The van der Waals surface area contributed by atoms with Crippen molar-refractivity contribution in [2.24, 2.45) is 11.8 Å². The molecule has 1 aromatic carbocycles. The van der Waals surface area contributed by atoms with Gasteiger partial charge >= 0.3 is 5.97 Å². The van der Waals surface area contributed by atoms with Gasteiger partial charge in [-0.05, 0) is 17.9 Å². The van der Waals surface area contributed by atoms with Crippen LogP contribution in [-0.4, -0.2) is 31.3 Å². The van der Waals surface area contributed by atoms with E-state index in [2.05, 4.69) is 18.7 Å². The van der Waals surface area contributed by atoms with Gasteiger partial charge in [-0.15, -0.1) is 0 Å². The largest absolute Gasteiger partial charge is 0.496 e. The number of nitrogens with zero attached hydrogens (tertiary/aromatic N) is 1. The second kappa shape index (κ2) is 5.29. The average molecular weight is 284 g/mol. The van der Waals surface area contributed by atoms with E-state index < -0.39 is 5.97 Å². The van der Waals surface area contributed by atoms with Crippen molar-refractivity contribution in [3.05, 3.63) is 22.7 Å². The zero-order valence-electron chi connectivity index (χ0n) is 11.3. The third kappa shape index (κ3) is 2.63. The normalized spacial score (nSPS) is 15.5. The first-order chi connectivity index (χ1) is 8.93. The molecule has 0 radical (unpaired) electrons. The van der Waals surface area contributed by atoms with E-state index in [1.807, 2.05) is 0 Å². The van der Waals surface area contributed by atoms with Crippen LogP contribution in [-0.2, 0) is 0 Å². The van der Waals surface area contributed by atoms with Crippen LogP contribution in [0.1, 0.15) is 24.2 Å². The Morgan fingerprint density at radius 1 is 1.47 bits per heavy atom. The fourth-order valence-corrected chi connectivity index (χ4v) is 2.54. The standard InChI is InChI=1S/C14H18ClNO3/c1-8(2)9-6-16(7-9)12-5-13(19-3)10(14(17)18)4-11(12)15/h4-5,8-9H,6-7H2,1-3H3,(H,17,18). The first kappa shape index (κ1) is 14.0. The van der Waals surface area contributed by atoms with Gasteiger partial charge in [0.15, 0.2) is 0 Å². The van der Waals surface area contributed by atoms with Gasteiger partial charge in [-0.1, -0.05) is 25.4 Å². The number of carboxylic acids is 1. The van der Waals surface area contributed by atoms with Crippen LogP contribution in [0.2, 0.25) is 5.02 Å². The Morgan fingerprint density at radius 2 is 2.11 bits per heavy atom. The molecule has 19 heavy (non-hydrogen) atoms. The number of aromatic carboxylic acids is 1. The van der Waals surface area contributed by atoms with Crippen molar-refractivity contribution < 1.29 is 14.6 Å². The minimum Gasteiger partial charge on any atom is -0.496 e. The summed E-state index contributed by atoms with van der Waals surface area (Å²) < 4.78 is 5.13. The van der Waals surface area contributed by atoms with Crippen LogP contribution in [0.3, 0.4) is 0 Å². The lowest BCUT2D eigenvalue weighted by atomic mass is 9.88. The Kier molecular flexibility index (Phi) is 3.90. The maximum absolute atomic E-state index is 11.1. The zero-order chi connectivity index (χ0) is 14.2. The van der Waals surface area contributed by atoms with E-state index in [-0.39, 0.29) is 5.56 Å². The van der Waals surface area contributed by atoms with Gasteiger partial charge in [0.1, 0.15) is 11.3 Å². The van der Waals surface area contributed by atoms with Crippen LogP contribution in [0, 0.1) is 11.8 Å². The smallest absolute Gasteiger partial charge is 0.339 e. The van der Waals surface area contributed by atoms with Crippen LogP contribution in [0.4, 0.5) is 5.69 Å². The molecule has 0 atom stereocenters. The third-order valence-electron chi connectivity index (χ3n) is 3.69. The summed E-state index contributed by atoms with van der Waals surface area (Å²) in [5.41, 5.74) is 0.942. The lowest BCUT2D eigenvalue weighted by Gasteiger charge is -2.43. The van der Waals surface area contributed by atoms with Gasteiger partial charge < -0.3 is 14.7 Å². The molecular weight excluding hydrogens is 266 g/mol. The number of carboxylic acid groups (broad SMARTS) is 1. The first-order valence-corrected chi connectivity index (χ1v) is 6.67. The summed E-state index contributed by atoms with van der Waals surface area (Å²) in [6.45, 7) is 6.31. The van der Waals surface area contributed by atoms with E-state index in [4.69, 9.17) is 21.4 Å². The minimum absolute atomic E-state index is 0.0946. The number of hydrogen-bond acceptors (Lipinski definition) is 3. The summed E-state index contributed by atoms with van der Waals surface area (Å²) in [6, 6.07) is 3.17. The summed E-state index contributed by atoms with van der Waals surface area (Å²) in [7, 11) is 1.46. The molecule has 0 bridgehead atoms. The number of anilines is 1. The summed E-state index contributed by atoms with van der Waals surface area (Å²) in [4.78, 5) is 13.2. The molecule has 0 saturated carbocycles. The number of methoxy groups -OCH3 is 1. The molecule has 0 aliphatic carbocycles. The van der Waals surface area contributed by atoms with E-state index in [0.29, 0.717) is 22.6 Å². The van der Waals surface area contributed by atoms with Crippen molar-refractivity contribution in [3.63, 3.8) is 0 Å². The average Bonchev–Trinajstić information content (AvgIpc) is 2.28. The van der Waals surface area contributed by atoms with Crippen molar-refractivity contribution in [3.8, 4) is 5.75 Å². The molecule has 2 rings (SSSR count). The Labute approximate surface area is 117 Å². The highest BCUT2D eigenvalue weighted by Gasteiger charge is 2.31. The lowest BCUT2D eigenvalue weighted by Crippen LogP contribution is -2.49. The van der Waals surface area contributed by atoms with Crippen molar-refractivity contribution in [1.29, 1.82) is 0 Å². The van der Waals surface area contributed by atoms with Crippen molar-refractivity contribution in [2.45, 2.75) is 13.8 Å². The van der Waals surface area contributed by atoms with Crippen LogP contribution < -0.4 is 9.64 Å². The number of carbonyl (C=O) groups is 1. The molecule has 1 heterocycles. The molecule has 4 nitrogen and oxygen atoms in total. The van der Waals surface area contributed by atoms with Gasteiger partial charge in [-0.2, -0.15) is 0 Å². The predicted octanol–water partition coefficient (Wildman–Crippen LogP) is 3.14. The van der Waals surface area contributed by atoms with Crippen molar-refractivity contribution in [1.82, 2.24) is 0 Å². The summed E-state index contributed by atoms with van der Waals surface area (Å²) in [5.74, 6) is 0.630. The lowest BCUT2D eigenvalue weighted by molar-refractivity contribution is 0.0693. The molecule has 0 aromatic heterocycles. The Balaban J connectivity index is 2.26. The van der Waals surface area contributed by atoms with Crippen LogP contribution in [0.25, 0.3) is 0 Å². The summed E-state index contributed by atoms with van der Waals surface area (Å²) in [5, 5.41) is 9.54. The van der Waals surface area contributed by atoms with Gasteiger partial charge in [0.05, 0.1) is 17.8 Å². The molecule has 1 N–H and O–H groups in total. The minimum atomic E-state index is -1.03. The second-order valence-electron chi connectivity index (χ2n) is 5.22. The van der Waals surface area contributed by atoms with Crippen LogP contribution in [0.15, 0.2) is 12.1 Å². The molecule has 0 spiro atoms. The highest BCUT2D eigenvalue weighted by atomic mass is 35.5. The number of rotatable bonds is 4. The topological polar surface area (TPSA) is 49.8 Å². The molecule has 0 amide bonds. The Morgan fingerprint density at radius 3 is 2.58 bits per heavy atom. The summed E-state index contributed by atoms with van der Waals surface area (Å²) >= 11 is 6.18. The number of benzene rings is 1. The highest BCUT2D eigenvalue weighted by molar-refractivity contribution is 6.33. The molecule has 1 fully saturated rings. The maximum Gasteiger partial charge on any atom is 0.339 e. The fourth-order valence-electron chi connectivity index (χ4n) is 2.25. The van der Waals surface area contributed by atoms with Crippen molar-refractivity contribution in [2.75, 3.05) is 25.1 Å². The molecule has 1 aliphatic rings. The molecular formula is C14H18ClNO3. The number of hydrogen-bond donors (Lipinski definition) is 1. The predicted molar refractivity (Wildman–Crippen MR) is 75.5 cm³/mol. The molecule has 1 aromatic rings. The van der Waals surface area contributed by atoms with E-state index in [0.717, 1.165) is 18.8 Å². The van der Waals surface area contributed by atoms with Gasteiger partial charge in [0, 0.05) is 19.2 Å². The van der Waals surface area contributed by atoms with E-state index in [1.165, 1.54) is 13.2 Å². The fraction of sp³-hybridized carbons (Fsp3) is 0.500. The molecule has 104 valence electrons. The Bertz CT molecular complexity index is 496. The van der Waals surface area contributed by atoms with Gasteiger partial charge in [0.2, 0.25) is 0 Å². The quantitative estimate of drug-likeness (QED) is 0.922. The second-order valence-corrected chi connectivity index (χ2v) is 5.63. The third-order valence-corrected chi connectivity index (χ3v) is 4.00. The van der Waals surface area contributed by atoms with Gasteiger partial charge in [-0.3, -0.25) is 0 Å². The summed E-state index contributed by atoms with van der Waals surface area (Å²) in [6.07, 6.45) is 0. The van der Waals surface area contributed by atoms with Crippen LogP contribution in [0.5, 0.6) is 5.75 Å². The van der Waals surface area contributed by atoms with E-state index in [9.17, 15) is 4.79 Å². The van der Waals surface area contributed by atoms with Gasteiger partial charge in [0.25, 0.3) is 0 Å². The molecule has 0 unspecified atom stereocenters. The first-order valence-electron chi connectivity index (χ1n) is 6.29. The highest BCUT2D eigenvalue weighted by Crippen LogP contribution is 2.38. The number of halogens is 1. The van der Waals surface area contributed by atoms with Crippen LogP contribution >= 0.6 is 11.6 Å². The SMILES string of the molecule is COc1cc(N2CC(C(C)C)C2)c(Cl)cc1C(=O)O. The maximum atomic E-state index is 11.1. The Hall–Kier alpha value is -1.42. The van der Waals surface area contributed by atoms with Gasteiger partial charge in [-0.25, -0.2) is 4.79 Å². The van der Waals surface area contributed by atoms with Crippen molar-refractivity contribution >= 4 is 23.3 Å². The molecule has 1 saturated heterocycles. The van der Waals surface area contributed by atoms with E-state index >= 15 is 0 Å². The molecule has 1 aliphatic heterocycles. The molecule has 5 heteroatoms.